The molecule has 0 bridgehead atoms. The molecule has 2 aliphatic rings. The Morgan fingerprint density at radius 3 is 2.22 bits per heavy atom. The van der Waals surface area contributed by atoms with Crippen LogP contribution in [0.25, 0.3) is 0 Å². The van der Waals surface area contributed by atoms with Crippen LogP contribution >= 0.6 is 0 Å². The second kappa shape index (κ2) is 7.30. The highest BCUT2D eigenvalue weighted by Gasteiger charge is 2.38. The van der Waals surface area contributed by atoms with Gasteiger partial charge in [0.05, 0.1) is 0 Å². The molecule has 2 aliphatic heterocycles. The van der Waals surface area contributed by atoms with Gasteiger partial charge in [-0.05, 0) is 37.1 Å². The number of carbonyl (C=O) groups is 3. The van der Waals surface area contributed by atoms with Gasteiger partial charge in [0, 0.05) is 50.4 Å². The van der Waals surface area contributed by atoms with E-state index in [-0.39, 0.29) is 17.4 Å². The summed E-state index contributed by atoms with van der Waals surface area (Å²) in [5.74, 6) is -2.98. The quantitative estimate of drug-likeness (QED) is 0.468. The number of nitrogens with two attached hydrogens (primary N) is 1. The third-order valence-electron chi connectivity index (χ3n) is 4.63. The molecule has 2 saturated heterocycles. The zero-order valence-electron chi connectivity index (χ0n) is 15.4. The van der Waals surface area contributed by atoms with Crippen molar-refractivity contribution in [3.8, 4) is 0 Å². The summed E-state index contributed by atoms with van der Waals surface area (Å²) >= 11 is 0. The second-order valence-electron chi connectivity index (χ2n) is 7.09. The zero-order chi connectivity index (χ0) is 19.6. The van der Waals surface area contributed by atoms with Gasteiger partial charge in [0.2, 0.25) is 5.91 Å². The van der Waals surface area contributed by atoms with E-state index in [0.717, 1.165) is 31.6 Å². The topological polar surface area (TPSA) is 111 Å². The van der Waals surface area contributed by atoms with Crippen molar-refractivity contribution in [1.82, 2.24) is 0 Å². The summed E-state index contributed by atoms with van der Waals surface area (Å²) in [5.41, 5.74) is 6.92. The first-order valence-corrected chi connectivity index (χ1v) is 8.83. The minimum atomic E-state index is -1.25. The molecule has 2 fully saturated rings. The Morgan fingerprint density at radius 1 is 1.15 bits per heavy atom. The number of benzene rings is 1. The maximum absolute atomic E-state index is 11.9. The standard InChI is InChI=1S/C19H23N3O5/c1-19(2)26-17(24)15(18(25)27-19)11-21-13-3-5-14(6-4-13)22-9-7-12(8-10-22)16(20)23/h3-6,11-12,21H,7-10H2,1-2H3,(H2,20,23). The summed E-state index contributed by atoms with van der Waals surface area (Å²) in [7, 11) is 0. The predicted molar refractivity (Wildman–Crippen MR) is 98.5 cm³/mol. The van der Waals surface area contributed by atoms with Gasteiger partial charge in [-0.2, -0.15) is 0 Å². The smallest absolute Gasteiger partial charge is 0.350 e. The average molecular weight is 373 g/mol. The molecule has 3 N–H and O–H groups in total. The lowest BCUT2D eigenvalue weighted by molar-refractivity contribution is -0.222. The van der Waals surface area contributed by atoms with Crippen LogP contribution in [0, 0.1) is 5.92 Å². The molecule has 0 aromatic heterocycles. The molecule has 0 spiro atoms. The number of nitrogens with zero attached hydrogens (tertiary/aromatic N) is 1. The van der Waals surface area contributed by atoms with Crippen molar-refractivity contribution in [3.05, 3.63) is 36.0 Å². The van der Waals surface area contributed by atoms with E-state index in [4.69, 9.17) is 15.2 Å². The number of amides is 1. The van der Waals surface area contributed by atoms with Gasteiger partial charge in [0.1, 0.15) is 0 Å². The highest BCUT2D eigenvalue weighted by molar-refractivity contribution is 6.15. The number of nitrogens with one attached hydrogen (secondary N) is 1. The van der Waals surface area contributed by atoms with Crippen LogP contribution in [0.4, 0.5) is 11.4 Å². The first-order valence-electron chi connectivity index (χ1n) is 8.83. The molecule has 0 saturated carbocycles. The van der Waals surface area contributed by atoms with Crippen molar-refractivity contribution in [2.75, 3.05) is 23.3 Å². The minimum Gasteiger partial charge on any atom is -0.419 e. The fraction of sp³-hybridized carbons (Fsp3) is 0.421. The van der Waals surface area contributed by atoms with E-state index in [1.807, 2.05) is 24.3 Å². The molecule has 1 amide bonds. The van der Waals surface area contributed by atoms with Gasteiger partial charge >= 0.3 is 11.9 Å². The van der Waals surface area contributed by atoms with Crippen molar-refractivity contribution in [3.63, 3.8) is 0 Å². The Hall–Kier alpha value is -3.03. The SMILES string of the molecule is CC1(C)OC(=O)C(=CNc2ccc(N3CCC(C(N)=O)CC3)cc2)C(=O)O1. The lowest BCUT2D eigenvalue weighted by Gasteiger charge is -2.32. The lowest BCUT2D eigenvalue weighted by atomic mass is 9.96. The van der Waals surface area contributed by atoms with Gasteiger partial charge < -0.3 is 25.4 Å². The number of hydrogen-bond acceptors (Lipinski definition) is 7. The number of rotatable bonds is 4. The summed E-state index contributed by atoms with van der Waals surface area (Å²) in [4.78, 5) is 37.3. The van der Waals surface area contributed by atoms with E-state index in [1.165, 1.54) is 20.0 Å². The van der Waals surface area contributed by atoms with Crippen molar-refractivity contribution in [2.45, 2.75) is 32.5 Å². The number of anilines is 2. The summed E-state index contributed by atoms with van der Waals surface area (Å²) < 4.78 is 10.1. The van der Waals surface area contributed by atoms with E-state index in [9.17, 15) is 14.4 Å². The van der Waals surface area contributed by atoms with Crippen LogP contribution in [0.15, 0.2) is 36.0 Å². The number of cyclic esters (lactones) is 2. The third-order valence-corrected chi connectivity index (χ3v) is 4.63. The maximum atomic E-state index is 11.9. The summed E-state index contributed by atoms with van der Waals surface area (Å²) in [5, 5.41) is 2.91. The molecule has 1 aromatic carbocycles. The summed E-state index contributed by atoms with van der Waals surface area (Å²) in [6.07, 6.45) is 2.79. The molecule has 0 unspecified atom stereocenters. The first kappa shape index (κ1) is 18.8. The molecular weight excluding hydrogens is 350 g/mol. The molecule has 3 rings (SSSR count). The van der Waals surface area contributed by atoms with Crippen molar-refractivity contribution < 1.29 is 23.9 Å². The number of ether oxygens (including phenoxy) is 2. The zero-order valence-corrected chi connectivity index (χ0v) is 15.4. The van der Waals surface area contributed by atoms with E-state index in [0.29, 0.717) is 5.69 Å². The van der Waals surface area contributed by atoms with Gasteiger partial charge in [-0.1, -0.05) is 0 Å². The van der Waals surface area contributed by atoms with Crippen LogP contribution in [-0.4, -0.2) is 36.7 Å². The Kier molecular flexibility index (Phi) is 5.07. The molecular formula is C19H23N3O5. The number of hydrogen-bond donors (Lipinski definition) is 2. The van der Waals surface area contributed by atoms with Gasteiger partial charge in [-0.15, -0.1) is 0 Å². The van der Waals surface area contributed by atoms with Gasteiger partial charge in [0.25, 0.3) is 5.79 Å². The highest BCUT2D eigenvalue weighted by Crippen LogP contribution is 2.25. The van der Waals surface area contributed by atoms with E-state index in [2.05, 4.69) is 10.2 Å². The van der Waals surface area contributed by atoms with Crippen LogP contribution in [0.5, 0.6) is 0 Å². The number of primary amides is 1. The molecule has 8 nitrogen and oxygen atoms in total. The number of piperidine rings is 1. The molecule has 0 radical (unpaired) electrons. The molecule has 1 aromatic rings. The van der Waals surface area contributed by atoms with Crippen LogP contribution in [-0.2, 0) is 23.9 Å². The Bertz CT molecular complexity index is 755. The van der Waals surface area contributed by atoms with Crippen LogP contribution < -0.4 is 16.0 Å². The largest absolute Gasteiger partial charge is 0.419 e. The molecule has 8 heteroatoms. The Balaban J connectivity index is 1.61. The number of carbonyl (C=O) groups excluding carboxylic acids is 3. The van der Waals surface area contributed by atoms with E-state index < -0.39 is 17.7 Å². The maximum Gasteiger partial charge on any atom is 0.350 e. The van der Waals surface area contributed by atoms with Crippen molar-refractivity contribution >= 4 is 29.2 Å². The lowest BCUT2D eigenvalue weighted by Crippen LogP contribution is -2.42. The summed E-state index contributed by atoms with van der Waals surface area (Å²) in [6.45, 7) is 4.55. The molecule has 27 heavy (non-hydrogen) atoms. The Labute approximate surface area is 157 Å². The number of esters is 2. The van der Waals surface area contributed by atoms with Gasteiger partial charge in [-0.25, -0.2) is 9.59 Å². The predicted octanol–water partition coefficient (Wildman–Crippen LogP) is 1.52. The second-order valence-corrected chi connectivity index (χ2v) is 7.09. The fourth-order valence-electron chi connectivity index (χ4n) is 3.12. The van der Waals surface area contributed by atoms with Crippen LogP contribution in [0.1, 0.15) is 26.7 Å². The molecule has 144 valence electrons. The Morgan fingerprint density at radius 2 is 1.70 bits per heavy atom. The van der Waals surface area contributed by atoms with Crippen LogP contribution in [0.2, 0.25) is 0 Å². The van der Waals surface area contributed by atoms with Gasteiger partial charge in [0.15, 0.2) is 5.57 Å². The molecule has 0 aliphatic carbocycles. The molecule has 2 heterocycles. The van der Waals surface area contributed by atoms with Crippen LogP contribution in [0.3, 0.4) is 0 Å². The normalized spacial score (nSPS) is 19.9. The van der Waals surface area contributed by atoms with Crippen molar-refractivity contribution in [2.24, 2.45) is 11.7 Å². The third kappa shape index (κ3) is 4.39. The fourth-order valence-corrected chi connectivity index (χ4v) is 3.12. The average Bonchev–Trinajstić information content (AvgIpc) is 2.60. The van der Waals surface area contributed by atoms with Crippen molar-refractivity contribution in [1.29, 1.82) is 0 Å². The summed E-state index contributed by atoms with van der Waals surface area (Å²) in [6, 6.07) is 7.56. The first-order chi connectivity index (χ1) is 12.7. The highest BCUT2D eigenvalue weighted by atomic mass is 16.7. The molecule has 0 atom stereocenters. The van der Waals surface area contributed by atoms with Gasteiger partial charge in [-0.3, -0.25) is 4.79 Å². The monoisotopic (exact) mass is 373 g/mol. The minimum absolute atomic E-state index is 0.0474. The van der Waals surface area contributed by atoms with E-state index >= 15 is 0 Å². The van der Waals surface area contributed by atoms with E-state index in [1.54, 1.807) is 0 Å².